The molecular formula is C18H31IN4O. The molecule has 1 aliphatic rings. The molecule has 1 fully saturated rings. The molecule has 5 nitrogen and oxygen atoms in total. The van der Waals surface area contributed by atoms with Gasteiger partial charge in [-0.1, -0.05) is 6.07 Å². The molecule has 0 aliphatic carbocycles. The molecular weight excluding hydrogens is 415 g/mol. The van der Waals surface area contributed by atoms with Crippen molar-refractivity contribution in [3.8, 4) is 0 Å². The number of hydrogen-bond donors (Lipinski definition) is 2. The van der Waals surface area contributed by atoms with Gasteiger partial charge in [0, 0.05) is 39.4 Å². The summed E-state index contributed by atoms with van der Waals surface area (Å²) in [7, 11) is 4.11. The molecule has 1 aromatic carbocycles. The molecule has 0 spiro atoms. The molecule has 0 amide bonds. The molecule has 1 heterocycles. The monoisotopic (exact) mass is 446 g/mol. The normalized spacial score (nSPS) is 15.9. The number of likely N-dealkylation sites (tertiary alicyclic amines) is 1. The van der Waals surface area contributed by atoms with Crippen LogP contribution in [0.2, 0.25) is 0 Å². The Balaban J connectivity index is 0.00000288. The standard InChI is InChI=1S/C18H30N4O.HI/c1-5-19-18(22-10-8-17(23)9-11-22)20-13-15-6-7-16(21(3)4)12-14(15)2;/h6-7,12,17,23H,5,8-11,13H2,1-4H3,(H,19,20);1H. The third-order valence-electron chi connectivity index (χ3n) is 4.34. The van der Waals surface area contributed by atoms with Crippen molar-refractivity contribution in [1.82, 2.24) is 10.2 Å². The van der Waals surface area contributed by atoms with Crippen LogP contribution < -0.4 is 10.2 Å². The van der Waals surface area contributed by atoms with Gasteiger partial charge in [-0.3, -0.25) is 0 Å². The number of rotatable bonds is 4. The summed E-state index contributed by atoms with van der Waals surface area (Å²) >= 11 is 0. The van der Waals surface area contributed by atoms with Gasteiger partial charge in [-0.05, 0) is 49.9 Å². The third kappa shape index (κ3) is 5.81. The van der Waals surface area contributed by atoms with Crippen molar-refractivity contribution >= 4 is 35.6 Å². The van der Waals surface area contributed by atoms with Crippen LogP contribution in [0.5, 0.6) is 0 Å². The maximum absolute atomic E-state index is 9.66. The van der Waals surface area contributed by atoms with Crippen molar-refractivity contribution in [2.45, 2.75) is 39.3 Å². The van der Waals surface area contributed by atoms with Gasteiger partial charge in [0.05, 0.1) is 12.6 Å². The molecule has 6 heteroatoms. The highest BCUT2D eigenvalue weighted by Gasteiger charge is 2.19. The summed E-state index contributed by atoms with van der Waals surface area (Å²) in [6.07, 6.45) is 1.48. The minimum atomic E-state index is -0.157. The Morgan fingerprint density at radius 2 is 2.00 bits per heavy atom. The van der Waals surface area contributed by atoms with Crippen molar-refractivity contribution in [3.05, 3.63) is 29.3 Å². The summed E-state index contributed by atoms with van der Waals surface area (Å²) < 4.78 is 0. The predicted molar refractivity (Wildman–Crippen MR) is 113 cm³/mol. The number of aliphatic hydroxyl groups excluding tert-OH is 1. The first-order valence-corrected chi connectivity index (χ1v) is 8.49. The van der Waals surface area contributed by atoms with Crippen LogP contribution in [0.1, 0.15) is 30.9 Å². The molecule has 24 heavy (non-hydrogen) atoms. The van der Waals surface area contributed by atoms with E-state index in [2.05, 4.69) is 61.3 Å². The highest BCUT2D eigenvalue weighted by molar-refractivity contribution is 14.0. The number of nitrogens with zero attached hydrogens (tertiary/aromatic N) is 3. The van der Waals surface area contributed by atoms with Gasteiger partial charge < -0.3 is 20.2 Å². The summed E-state index contributed by atoms with van der Waals surface area (Å²) in [5.41, 5.74) is 3.74. The van der Waals surface area contributed by atoms with E-state index in [0.29, 0.717) is 6.54 Å². The van der Waals surface area contributed by atoms with E-state index < -0.39 is 0 Å². The minimum Gasteiger partial charge on any atom is -0.393 e. The maximum Gasteiger partial charge on any atom is 0.194 e. The Bertz CT molecular complexity index is 540. The summed E-state index contributed by atoms with van der Waals surface area (Å²) in [5, 5.41) is 13.0. The molecule has 2 N–H and O–H groups in total. The first-order chi connectivity index (χ1) is 11.0. The number of aliphatic imine (C=N–C) groups is 1. The fourth-order valence-corrected chi connectivity index (χ4v) is 2.80. The number of anilines is 1. The Kier molecular flexibility index (Phi) is 8.83. The van der Waals surface area contributed by atoms with E-state index in [1.165, 1.54) is 16.8 Å². The molecule has 1 aliphatic heterocycles. The van der Waals surface area contributed by atoms with Crippen molar-refractivity contribution in [2.24, 2.45) is 4.99 Å². The van der Waals surface area contributed by atoms with E-state index >= 15 is 0 Å². The van der Waals surface area contributed by atoms with Crippen molar-refractivity contribution in [3.63, 3.8) is 0 Å². The average Bonchev–Trinajstić information content (AvgIpc) is 2.53. The third-order valence-corrected chi connectivity index (χ3v) is 4.34. The number of halogens is 1. The van der Waals surface area contributed by atoms with Gasteiger partial charge in [-0.15, -0.1) is 24.0 Å². The Morgan fingerprint density at radius 1 is 1.33 bits per heavy atom. The Morgan fingerprint density at radius 3 is 2.54 bits per heavy atom. The molecule has 0 bridgehead atoms. The molecule has 2 rings (SSSR count). The lowest BCUT2D eigenvalue weighted by Crippen LogP contribution is -2.46. The summed E-state index contributed by atoms with van der Waals surface area (Å²) in [4.78, 5) is 9.17. The van der Waals surface area contributed by atoms with E-state index in [1.807, 2.05) is 0 Å². The fraction of sp³-hybridized carbons (Fsp3) is 0.611. The summed E-state index contributed by atoms with van der Waals surface area (Å²) in [6.45, 7) is 7.50. The van der Waals surface area contributed by atoms with Crippen LogP contribution in [-0.4, -0.2) is 55.8 Å². The lowest BCUT2D eigenvalue weighted by molar-refractivity contribution is 0.108. The molecule has 0 saturated carbocycles. The van der Waals surface area contributed by atoms with Gasteiger partial charge in [0.25, 0.3) is 0 Å². The lowest BCUT2D eigenvalue weighted by atomic mass is 10.1. The van der Waals surface area contributed by atoms with Crippen LogP contribution in [0.15, 0.2) is 23.2 Å². The van der Waals surface area contributed by atoms with Crippen molar-refractivity contribution in [2.75, 3.05) is 38.6 Å². The van der Waals surface area contributed by atoms with Gasteiger partial charge in [-0.2, -0.15) is 0 Å². The van der Waals surface area contributed by atoms with Crippen LogP contribution in [0.25, 0.3) is 0 Å². The highest BCUT2D eigenvalue weighted by atomic mass is 127. The minimum absolute atomic E-state index is 0. The zero-order chi connectivity index (χ0) is 16.8. The number of piperidine rings is 1. The van der Waals surface area contributed by atoms with Crippen LogP contribution in [0, 0.1) is 6.92 Å². The smallest absolute Gasteiger partial charge is 0.194 e. The Hall–Kier alpha value is -1.02. The first kappa shape index (κ1) is 21.0. The number of guanidine groups is 1. The largest absolute Gasteiger partial charge is 0.393 e. The zero-order valence-corrected chi connectivity index (χ0v) is 17.6. The molecule has 0 aromatic heterocycles. The van der Waals surface area contributed by atoms with Gasteiger partial charge >= 0.3 is 0 Å². The predicted octanol–water partition coefficient (Wildman–Crippen LogP) is 2.60. The first-order valence-electron chi connectivity index (χ1n) is 8.49. The van der Waals surface area contributed by atoms with E-state index in [-0.39, 0.29) is 30.1 Å². The van der Waals surface area contributed by atoms with Crippen molar-refractivity contribution < 1.29 is 5.11 Å². The van der Waals surface area contributed by atoms with Gasteiger partial charge in [0.1, 0.15) is 0 Å². The second-order valence-electron chi connectivity index (χ2n) is 6.39. The van der Waals surface area contributed by atoms with Gasteiger partial charge in [0.15, 0.2) is 5.96 Å². The number of hydrogen-bond acceptors (Lipinski definition) is 3. The van der Waals surface area contributed by atoms with E-state index in [4.69, 9.17) is 4.99 Å². The van der Waals surface area contributed by atoms with Crippen LogP contribution in [-0.2, 0) is 6.54 Å². The SMILES string of the molecule is CCNC(=NCc1ccc(N(C)C)cc1C)N1CCC(O)CC1.I. The van der Waals surface area contributed by atoms with Crippen LogP contribution in [0.3, 0.4) is 0 Å². The number of nitrogens with one attached hydrogen (secondary N) is 1. The Labute approximate surface area is 163 Å². The molecule has 1 saturated heterocycles. The number of aryl methyl sites for hydroxylation is 1. The maximum atomic E-state index is 9.66. The highest BCUT2D eigenvalue weighted by Crippen LogP contribution is 2.18. The van der Waals surface area contributed by atoms with Crippen LogP contribution >= 0.6 is 24.0 Å². The van der Waals surface area contributed by atoms with E-state index in [1.54, 1.807) is 0 Å². The van der Waals surface area contributed by atoms with E-state index in [0.717, 1.165) is 38.4 Å². The second-order valence-corrected chi connectivity index (χ2v) is 6.39. The number of aliphatic hydroxyl groups is 1. The summed E-state index contributed by atoms with van der Waals surface area (Å²) in [6, 6.07) is 6.51. The fourth-order valence-electron chi connectivity index (χ4n) is 2.80. The summed E-state index contributed by atoms with van der Waals surface area (Å²) in [5.74, 6) is 0.954. The van der Waals surface area contributed by atoms with E-state index in [9.17, 15) is 5.11 Å². The molecule has 0 atom stereocenters. The average molecular weight is 446 g/mol. The lowest BCUT2D eigenvalue weighted by Gasteiger charge is -2.32. The van der Waals surface area contributed by atoms with Gasteiger partial charge in [-0.25, -0.2) is 4.99 Å². The molecule has 0 unspecified atom stereocenters. The number of benzene rings is 1. The second kappa shape index (κ2) is 10.1. The van der Waals surface area contributed by atoms with Gasteiger partial charge in [0.2, 0.25) is 0 Å². The van der Waals surface area contributed by atoms with Crippen LogP contribution in [0.4, 0.5) is 5.69 Å². The molecule has 0 radical (unpaired) electrons. The van der Waals surface area contributed by atoms with Crippen molar-refractivity contribution in [1.29, 1.82) is 0 Å². The molecule has 1 aromatic rings. The topological polar surface area (TPSA) is 51.1 Å². The zero-order valence-electron chi connectivity index (χ0n) is 15.2. The quantitative estimate of drug-likeness (QED) is 0.424. The molecule has 136 valence electrons.